The van der Waals surface area contributed by atoms with E-state index >= 15 is 0 Å². The Bertz CT molecular complexity index is 642. The smallest absolute Gasteiger partial charge is 0.322 e. The molecular formula is C20H28FN3O2. The molecule has 0 radical (unpaired) electrons. The first-order valence-corrected chi connectivity index (χ1v) is 9.91. The van der Waals surface area contributed by atoms with Crippen molar-refractivity contribution in [2.24, 2.45) is 5.92 Å². The van der Waals surface area contributed by atoms with Crippen LogP contribution in [0.3, 0.4) is 0 Å². The molecule has 1 saturated carbocycles. The maximum atomic E-state index is 14.1. The summed E-state index contributed by atoms with van der Waals surface area (Å²) in [6, 6.07) is 5.07. The van der Waals surface area contributed by atoms with Crippen LogP contribution in [0.4, 0.5) is 20.6 Å². The fourth-order valence-electron chi connectivity index (χ4n) is 4.72. The molecule has 2 aliphatic heterocycles. The van der Waals surface area contributed by atoms with Gasteiger partial charge in [-0.25, -0.2) is 9.18 Å². The number of rotatable bonds is 3. The van der Waals surface area contributed by atoms with Gasteiger partial charge < -0.3 is 19.9 Å². The van der Waals surface area contributed by atoms with E-state index in [0.29, 0.717) is 30.9 Å². The van der Waals surface area contributed by atoms with Crippen LogP contribution in [-0.2, 0) is 4.74 Å². The van der Waals surface area contributed by atoms with Gasteiger partial charge in [0.1, 0.15) is 5.82 Å². The van der Waals surface area contributed by atoms with Gasteiger partial charge in [-0.05, 0) is 49.8 Å². The minimum absolute atomic E-state index is 0.0853. The number of nitrogens with zero attached hydrogens (tertiary/aromatic N) is 2. The van der Waals surface area contributed by atoms with Gasteiger partial charge in [0.2, 0.25) is 0 Å². The number of urea groups is 1. The van der Waals surface area contributed by atoms with Crippen LogP contribution in [0.25, 0.3) is 0 Å². The van der Waals surface area contributed by atoms with Gasteiger partial charge in [0.05, 0.1) is 13.2 Å². The first kappa shape index (κ1) is 17.6. The fraction of sp³-hybridized carbons (Fsp3) is 0.650. The summed E-state index contributed by atoms with van der Waals surface area (Å²) in [4.78, 5) is 16.9. The van der Waals surface area contributed by atoms with Crippen LogP contribution in [0.15, 0.2) is 18.2 Å². The van der Waals surface area contributed by atoms with Crippen LogP contribution < -0.4 is 10.2 Å². The van der Waals surface area contributed by atoms with Gasteiger partial charge in [-0.3, -0.25) is 0 Å². The minimum atomic E-state index is -0.321. The largest absolute Gasteiger partial charge is 0.378 e. The van der Waals surface area contributed by atoms with Gasteiger partial charge in [0.15, 0.2) is 0 Å². The number of ether oxygens (including phenoxy) is 1. The van der Waals surface area contributed by atoms with Gasteiger partial charge in [-0.2, -0.15) is 0 Å². The summed E-state index contributed by atoms with van der Waals surface area (Å²) < 4.78 is 19.5. The first-order valence-electron chi connectivity index (χ1n) is 9.91. The molecule has 2 heterocycles. The average molecular weight is 361 g/mol. The number of likely N-dealkylation sites (tertiary alicyclic amines) is 1. The Morgan fingerprint density at radius 1 is 1.04 bits per heavy atom. The number of amides is 2. The van der Waals surface area contributed by atoms with E-state index in [-0.39, 0.29) is 11.8 Å². The Labute approximate surface area is 154 Å². The molecule has 142 valence electrons. The SMILES string of the molecule is O=C(Nc1cc(F)cc(N2CCOCC2)c1)N1CCC[C@@H]1C1CCCC1. The predicted octanol–water partition coefficient (Wildman–Crippen LogP) is 3.85. The lowest BCUT2D eigenvalue weighted by Crippen LogP contribution is -2.42. The quantitative estimate of drug-likeness (QED) is 0.889. The highest BCUT2D eigenvalue weighted by molar-refractivity contribution is 5.90. The van der Waals surface area contributed by atoms with Crippen LogP contribution in [0, 0.1) is 11.7 Å². The van der Waals surface area contributed by atoms with Gasteiger partial charge in [-0.1, -0.05) is 12.8 Å². The third kappa shape index (κ3) is 3.80. The van der Waals surface area contributed by atoms with Gasteiger partial charge in [0.25, 0.3) is 0 Å². The van der Waals surface area contributed by atoms with Crippen molar-refractivity contribution < 1.29 is 13.9 Å². The Morgan fingerprint density at radius 2 is 1.81 bits per heavy atom. The molecule has 2 amide bonds. The van der Waals surface area contributed by atoms with Crippen LogP contribution in [0.2, 0.25) is 0 Å². The first-order chi connectivity index (χ1) is 12.7. The van der Waals surface area contributed by atoms with E-state index in [1.54, 1.807) is 0 Å². The molecule has 1 N–H and O–H groups in total. The number of carbonyl (C=O) groups is 1. The molecule has 1 aromatic rings. The van der Waals surface area contributed by atoms with E-state index in [4.69, 9.17) is 4.74 Å². The Balaban J connectivity index is 1.45. The second kappa shape index (κ2) is 7.82. The van der Waals surface area contributed by atoms with E-state index in [1.165, 1.54) is 37.8 Å². The molecule has 0 unspecified atom stereocenters. The zero-order chi connectivity index (χ0) is 17.9. The molecule has 0 bridgehead atoms. The lowest BCUT2D eigenvalue weighted by molar-refractivity contribution is 0.122. The number of benzene rings is 1. The maximum absolute atomic E-state index is 14.1. The Hall–Kier alpha value is -1.82. The van der Waals surface area contributed by atoms with Crippen molar-refractivity contribution in [3.05, 3.63) is 24.0 Å². The molecule has 6 heteroatoms. The molecule has 3 aliphatic rings. The van der Waals surface area contributed by atoms with Gasteiger partial charge in [-0.15, -0.1) is 0 Å². The van der Waals surface area contributed by atoms with Crippen molar-refractivity contribution in [3.8, 4) is 0 Å². The average Bonchev–Trinajstić information content (AvgIpc) is 3.33. The number of nitrogens with one attached hydrogen (secondary N) is 1. The van der Waals surface area contributed by atoms with Crippen molar-refractivity contribution in [1.29, 1.82) is 0 Å². The third-order valence-electron chi connectivity index (χ3n) is 6.01. The molecule has 26 heavy (non-hydrogen) atoms. The van der Waals surface area contributed by atoms with Crippen molar-refractivity contribution in [3.63, 3.8) is 0 Å². The monoisotopic (exact) mass is 361 g/mol. The Kier molecular flexibility index (Phi) is 5.29. The molecule has 0 aromatic heterocycles. The van der Waals surface area contributed by atoms with Crippen LogP contribution in [0.5, 0.6) is 0 Å². The standard InChI is InChI=1S/C20H28FN3O2/c21-16-12-17(14-18(13-16)23-8-10-26-11-9-23)22-20(25)24-7-3-6-19(24)15-4-1-2-5-15/h12-15,19H,1-11H2,(H,22,25)/t19-/m1/s1. The van der Waals surface area contributed by atoms with E-state index in [1.807, 2.05) is 11.0 Å². The number of hydrogen-bond acceptors (Lipinski definition) is 3. The number of halogens is 1. The summed E-state index contributed by atoms with van der Waals surface area (Å²) in [7, 11) is 0. The number of anilines is 2. The van der Waals surface area contributed by atoms with Crippen molar-refractivity contribution >= 4 is 17.4 Å². The summed E-state index contributed by atoms with van der Waals surface area (Å²) in [5.74, 6) is 0.317. The molecule has 0 spiro atoms. The van der Waals surface area contributed by atoms with E-state index in [9.17, 15) is 9.18 Å². The summed E-state index contributed by atoms with van der Waals surface area (Å²) in [6.07, 6.45) is 7.19. The molecule has 1 aliphatic carbocycles. The van der Waals surface area contributed by atoms with Crippen LogP contribution in [0.1, 0.15) is 38.5 Å². The Morgan fingerprint density at radius 3 is 2.58 bits per heavy atom. The molecule has 4 rings (SSSR count). The third-order valence-corrected chi connectivity index (χ3v) is 6.01. The number of hydrogen-bond donors (Lipinski definition) is 1. The predicted molar refractivity (Wildman–Crippen MR) is 100 cm³/mol. The molecule has 5 nitrogen and oxygen atoms in total. The van der Waals surface area contributed by atoms with Crippen LogP contribution >= 0.6 is 0 Å². The molecular weight excluding hydrogens is 333 g/mol. The number of carbonyl (C=O) groups excluding carboxylic acids is 1. The molecule has 1 aromatic carbocycles. The zero-order valence-corrected chi connectivity index (χ0v) is 15.3. The number of morpholine rings is 1. The van der Waals surface area contributed by atoms with Gasteiger partial charge >= 0.3 is 6.03 Å². The van der Waals surface area contributed by atoms with E-state index in [2.05, 4.69) is 10.2 Å². The molecule has 2 saturated heterocycles. The summed E-state index contributed by atoms with van der Waals surface area (Å²) in [5.41, 5.74) is 1.34. The van der Waals surface area contributed by atoms with E-state index < -0.39 is 0 Å². The molecule has 3 fully saturated rings. The summed E-state index contributed by atoms with van der Waals surface area (Å²) in [5, 5.41) is 2.95. The van der Waals surface area contributed by atoms with Crippen molar-refractivity contribution in [2.75, 3.05) is 43.1 Å². The normalized spacial score (nSPS) is 24.3. The topological polar surface area (TPSA) is 44.8 Å². The minimum Gasteiger partial charge on any atom is -0.378 e. The summed E-state index contributed by atoms with van der Waals surface area (Å²) in [6.45, 7) is 3.59. The van der Waals surface area contributed by atoms with Crippen molar-refractivity contribution in [1.82, 2.24) is 4.90 Å². The van der Waals surface area contributed by atoms with E-state index in [0.717, 1.165) is 38.2 Å². The lowest BCUT2D eigenvalue weighted by atomic mass is 9.96. The second-order valence-electron chi connectivity index (χ2n) is 7.68. The highest BCUT2D eigenvalue weighted by Crippen LogP contribution is 2.35. The highest BCUT2D eigenvalue weighted by Gasteiger charge is 2.36. The summed E-state index contributed by atoms with van der Waals surface area (Å²) >= 11 is 0. The lowest BCUT2D eigenvalue weighted by Gasteiger charge is -2.30. The molecule has 1 atom stereocenters. The second-order valence-corrected chi connectivity index (χ2v) is 7.68. The van der Waals surface area contributed by atoms with Gasteiger partial charge in [0, 0.05) is 37.1 Å². The van der Waals surface area contributed by atoms with Crippen LogP contribution in [-0.4, -0.2) is 49.8 Å². The van der Waals surface area contributed by atoms with Crippen molar-refractivity contribution in [2.45, 2.75) is 44.6 Å². The zero-order valence-electron chi connectivity index (χ0n) is 15.3. The highest BCUT2D eigenvalue weighted by atomic mass is 19.1. The maximum Gasteiger partial charge on any atom is 0.322 e. The fourth-order valence-corrected chi connectivity index (χ4v) is 4.72.